The maximum absolute atomic E-state index is 12.2. The summed E-state index contributed by atoms with van der Waals surface area (Å²) in [5.74, 6) is 0.279. The van der Waals surface area contributed by atoms with Crippen LogP contribution in [0.2, 0.25) is 0 Å². The molecule has 0 atom stereocenters. The molecule has 0 saturated carbocycles. The molecule has 1 rings (SSSR count). The summed E-state index contributed by atoms with van der Waals surface area (Å²) < 4.78 is 56.5. The third-order valence-corrected chi connectivity index (χ3v) is 5.92. The quantitative estimate of drug-likeness (QED) is 0.737. The van der Waals surface area contributed by atoms with Gasteiger partial charge in [-0.25, -0.2) is 26.3 Å². The molecule has 9 heteroatoms. The van der Waals surface area contributed by atoms with E-state index in [2.05, 4.69) is 9.44 Å². The van der Waals surface area contributed by atoms with E-state index in [1.54, 1.807) is 19.9 Å². The molecule has 1 aromatic carbocycles. The fraction of sp³-hybridized carbons (Fsp3) is 0.500. The lowest BCUT2D eigenvalue weighted by molar-refractivity contribution is 0.411. The van der Waals surface area contributed by atoms with Gasteiger partial charge in [0, 0.05) is 6.54 Å². The maximum atomic E-state index is 12.2. The topological polar surface area (TPSA) is 102 Å². The number of hydrogen-bond acceptors (Lipinski definition) is 5. The van der Waals surface area contributed by atoms with Gasteiger partial charge in [0.2, 0.25) is 20.0 Å². The number of ether oxygens (including phenoxy) is 1. The SMILES string of the molecule is CNS(=O)(=O)CCNS(=O)(=O)c1cc(C)c(OC)cc1C. The van der Waals surface area contributed by atoms with Crippen molar-refractivity contribution >= 4 is 20.0 Å². The van der Waals surface area contributed by atoms with Gasteiger partial charge in [0.1, 0.15) is 5.75 Å². The van der Waals surface area contributed by atoms with Crippen molar-refractivity contribution in [2.75, 3.05) is 26.5 Å². The Kier molecular flexibility index (Phi) is 5.74. The van der Waals surface area contributed by atoms with Crippen LogP contribution in [0.15, 0.2) is 17.0 Å². The second kappa shape index (κ2) is 6.73. The Morgan fingerprint density at radius 2 is 1.71 bits per heavy atom. The van der Waals surface area contributed by atoms with Crippen molar-refractivity contribution in [2.45, 2.75) is 18.7 Å². The number of aryl methyl sites for hydroxylation is 2. The van der Waals surface area contributed by atoms with E-state index in [4.69, 9.17) is 4.74 Å². The van der Waals surface area contributed by atoms with Crippen molar-refractivity contribution in [3.05, 3.63) is 23.3 Å². The minimum atomic E-state index is -3.77. The molecule has 7 nitrogen and oxygen atoms in total. The van der Waals surface area contributed by atoms with E-state index < -0.39 is 20.0 Å². The zero-order chi connectivity index (χ0) is 16.3. The third-order valence-electron chi connectivity index (χ3n) is 2.96. The van der Waals surface area contributed by atoms with E-state index in [9.17, 15) is 16.8 Å². The zero-order valence-corrected chi connectivity index (χ0v) is 14.1. The van der Waals surface area contributed by atoms with Crippen LogP contribution in [-0.4, -0.2) is 43.3 Å². The van der Waals surface area contributed by atoms with Crippen LogP contribution < -0.4 is 14.2 Å². The normalized spacial score (nSPS) is 12.4. The summed E-state index contributed by atoms with van der Waals surface area (Å²) >= 11 is 0. The van der Waals surface area contributed by atoms with Gasteiger partial charge in [-0.1, -0.05) is 0 Å². The van der Waals surface area contributed by atoms with Gasteiger partial charge in [-0.3, -0.25) is 0 Å². The molecular weight excluding hydrogens is 316 g/mol. The van der Waals surface area contributed by atoms with Crippen LogP contribution in [0.3, 0.4) is 0 Å². The van der Waals surface area contributed by atoms with Crippen LogP contribution >= 0.6 is 0 Å². The highest BCUT2D eigenvalue weighted by Crippen LogP contribution is 2.25. The third kappa shape index (κ3) is 4.67. The molecule has 0 amide bonds. The first-order valence-corrected chi connectivity index (χ1v) is 9.32. The van der Waals surface area contributed by atoms with Gasteiger partial charge in [-0.2, -0.15) is 0 Å². The Hall–Kier alpha value is -1.16. The molecule has 2 N–H and O–H groups in total. The van der Waals surface area contributed by atoms with Crippen molar-refractivity contribution in [3.63, 3.8) is 0 Å². The lowest BCUT2D eigenvalue weighted by Crippen LogP contribution is -2.33. The molecule has 0 saturated heterocycles. The molecule has 0 aliphatic heterocycles. The highest BCUT2D eigenvalue weighted by Gasteiger charge is 2.19. The van der Waals surface area contributed by atoms with E-state index in [1.165, 1.54) is 20.2 Å². The first-order valence-electron chi connectivity index (χ1n) is 6.19. The van der Waals surface area contributed by atoms with E-state index >= 15 is 0 Å². The van der Waals surface area contributed by atoms with Crippen LogP contribution in [-0.2, 0) is 20.0 Å². The molecule has 0 aromatic heterocycles. The first kappa shape index (κ1) is 17.9. The lowest BCUT2D eigenvalue weighted by Gasteiger charge is -2.12. The van der Waals surface area contributed by atoms with Gasteiger partial charge in [-0.15, -0.1) is 0 Å². The molecule has 21 heavy (non-hydrogen) atoms. The number of hydrogen-bond donors (Lipinski definition) is 2. The summed E-state index contributed by atoms with van der Waals surface area (Å²) in [4.78, 5) is 0.114. The van der Waals surface area contributed by atoms with E-state index in [1.807, 2.05) is 0 Å². The number of benzene rings is 1. The summed E-state index contributed by atoms with van der Waals surface area (Å²) in [5, 5.41) is 0. The van der Waals surface area contributed by atoms with E-state index in [-0.39, 0.29) is 17.2 Å². The minimum absolute atomic E-state index is 0.114. The van der Waals surface area contributed by atoms with Crippen LogP contribution in [0.5, 0.6) is 5.75 Å². The molecular formula is C12H20N2O5S2. The van der Waals surface area contributed by atoms with Gasteiger partial charge < -0.3 is 4.74 Å². The maximum Gasteiger partial charge on any atom is 0.240 e. The van der Waals surface area contributed by atoms with Gasteiger partial charge in [0.05, 0.1) is 17.8 Å². The first-order chi connectivity index (χ1) is 9.63. The predicted octanol–water partition coefficient (Wildman–Crippen LogP) is 0.140. The van der Waals surface area contributed by atoms with Gasteiger partial charge in [0.25, 0.3) is 0 Å². The molecule has 1 aromatic rings. The average molecular weight is 336 g/mol. The summed E-state index contributed by atoms with van der Waals surface area (Å²) in [6.45, 7) is 3.19. The number of sulfonamides is 2. The van der Waals surface area contributed by atoms with Gasteiger partial charge in [0.15, 0.2) is 0 Å². The van der Waals surface area contributed by atoms with Crippen LogP contribution in [0.1, 0.15) is 11.1 Å². The summed E-state index contributed by atoms with van der Waals surface area (Å²) in [6.07, 6.45) is 0. The van der Waals surface area contributed by atoms with Gasteiger partial charge in [-0.05, 0) is 44.2 Å². The Bertz CT molecular complexity index is 711. The van der Waals surface area contributed by atoms with Crippen LogP contribution in [0.25, 0.3) is 0 Å². The highest BCUT2D eigenvalue weighted by molar-refractivity contribution is 7.90. The second-order valence-corrected chi connectivity index (χ2v) is 8.29. The minimum Gasteiger partial charge on any atom is -0.496 e. The Morgan fingerprint density at radius 1 is 1.10 bits per heavy atom. The number of rotatable bonds is 7. The predicted molar refractivity (Wildman–Crippen MR) is 80.5 cm³/mol. The zero-order valence-electron chi connectivity index (χ0n) is 12.4. The summed E-state index contributed by atoms with van der Waals surface area (Å²) in [7, 11) is -4.43. The van der Waals surface area contributed by atoms with Gasteiger partial charge >= 0.3 is 0 Å². The van der Waals surface area contributed by atoms with Crippen molar-refractivity contribution in [3.8, 4) is 5.75 Å². The highest BCUT2D eigenvalue weighted by atomic mass is 32.2. The Balaban J connectivity index is 2.96. The molecule has 0 aliphatic rings. The molecule has 0 bridgehead atoms. The molecule has 120 valence electrons. The lowest BCUT2D eigenvalue weighted by atomic mass is 10.1. The number of nitrogens with one attached hydrogen (secondary N) is 2. The largest absolute Gasteiger partial charge is 0.496 e. The van der Waals surface area contributed by atoms with Crippen LogP contribution in [0.4, 0.5) is 0 Å². The monoisotopic (exact) mass is 336 g/mol. The molecule has 0 fully saturated rings. The molecule has 0 spiro atoms. The van der Waals surface area contributed by atoms with E-state index in [0.717, 1.165) is 0 Å². The summed E-state index contributed by atoms with van der Waals surface area (Å²) in [6, 6.07) is 3.14. The van der Waals surface area contributed by atoms with Crippen LogP contribution in [0, 0.1) is 13.8 Å². The fourth-order valence-electron chi connectivity index (χ4n) is 1.76. The average Bonchev–Trinajstić information content (AvgIpc) is 2.40. The molecule has 0 unspecified atom stereocenters. The summed E-state index contributed by atoms with van der Waals surface area (Å²) in [5.41, 5.74) is 1.22. The van der Waals surface area contributed by atoms with E-state index in [0.29, 0.717) is 16.9 Å². The van der Waals surface area contributed by atoms with Crippen molar-refractivity contribution in [1.82, 2.24) is 9.44 Å². The Morgan fingerprint density at radius 3 is 2.24 bits per heavy atom. The van der Waals surface area contributed by atoms with Crippen molar-refractivity contribution in [1.29, 1.82) is 0 Å². The molecule has 0 heterocycles. The molecule has 0 aliphatic carbocycles. The standard InChI is InChI=1S/C12H20N2O5S2/c1-9-8-12(10(2)7-11(9)19-4)21(17,18)14-5-6-20(15,16)13-3/h7-8,13-14H,5-6H2,1-4H3. The van der Waals surface area contributed by atoms with Crippen molar-refractivity contribution < 1.29 is 21.6 Å². The second-order valence-electron chi connectivity index (χ2n) is 4.51. The number of methoxy groups -OCH3 is 1. The fourth-order valence-corrected chi connectivity index (χ4v) is 3.81. The van der Waals surface area contributed by atoms with Crippen molar-refractivity contribution in [2.24, 2.45) is 0 Å². The Labute approximate surface area is 125 Å². The molecule has 0 radical (unpaired) electrons. The smallest absolute Gasteiger partial charge is 0.240 e.